The van der Waals surface area contributed by atoms with Gasteiger partial charge in [0.1, 0.15) is 5.75 Å². The van der Waals surface area contributed by atoms with Gasteiger partial charge in [0.2, 0.25) is 0 Å². The summed E-state index contributed by atoms with van der Waals surface area (Å²) in [5.41, 5.74) is 6.53. The SMILES string of the molecule is CCOc1ccc(-n2c(C)cc(/C=N/NC(=O)COc3ccccc3OC)c2C)cc1. The smallest absolute Gasteiger partial charge is 0.277 e. The molecule has 1 heterocycles. The van der Waals surface area contributed by atoms with Crippen molar-refractivity contribution >= 4 is 12.1 Å². The molecule has 0 unspecified atom stereocenters. The number of aromatic nitrogens is 1. The van der Waals surface area contributed by atoms with Gasteiger partial charge < -0.3 is 18.8 Å². The van der Waals surface area contributed by atoms with E-state index in [2.05, 4.69) is 15.1 Å². The third kappa shape index (κ3) is 5.45. The van der Waals surface area contributed by atoms with E-state index in [0.717, 1.165) is 28.4 Å². The van der Waals surface area contributed by atoms with Crippen LogP contribution in [0.1, 0.15) is 23.9 Å². The standard InChI is InChI=1S/C24H27N3O4/c1-5-30-21-12-10-20(11-13-21)27-17(2)14-19(18(27)3)15-25-26-24(28)16-31-23-9-7-6-8-22(23)29-4/h6-15H,5,16H2,1-4H3,(H,26,28)/b25-15+. The maximum Gasteiger partial charge on any atom is 0.277 e. The van der Waals surface area contributed by atoms with Crippen molar-refractivity contribution < 1.29 is 19.0 Å². The van der Waals surface area contributed by atoms with E-state index in [4.69, 9.17) is 14.2 Å². The summed E-state index contributed by atoms with van der Waals surface area (Å²) in [5.74, 6) is 1.56. The molecule has 0 saturated heterocycles. The van der Waals surface area contributed by atoms with Gasteiger partial charge in [0.25, 0.3) is 5.91 Å². The van der Waals surface area contributed by atoms with E-state index in [9.17, 15) is 4.79 Å². The van der Waals surface area contributed by atoms with Gasteiger partial charge in [-0.3, -0.25) is 4.79 Å². The van der Waals surface area contributed by atoms with Crippen LogP contribution in [0.5, 0.6) is 17.2 Å². The van der Waals surface area contributed by atoms with Crippen LogP contribution in [0.3, 0.4) is 0 Å². The van der Waals surface area contributed by atoms with E-state index in [-0.39, 0.29) is 12.5 Å². The minimum Gasteiger partial charge on any atom is -0.494 e. The molecule has 7 nitrogen and oxygen atoms in total. The van der Waals surface area contributed by atoms with Crippen molar-refractivity contribution in [1.29, 1.82) is 0 Å². The molecule has 0 aliphatic heterocycles. The van der Waals surface area contributed by atoms with Crippen LogP contribution in [0.4, 0.5) is 0 Å². The highest BCUT2D eigenvalue weighted by atomic mass is 16.5. The average Bonchev–Trinajstić information content (AvgIpc) is 3.06. The number of para-hydroxylation sites is 2. The lowest BCUT2D eigenvalue weighted by Gasteiger charge is -2.11. The number of nitrogens with zero attached hydrogens (tertiary/aromatic N) is 2. The predicted octanol–water partition coefficient (Wildman–Crippen LogP) is 4.03. The van der Waals surface area contributed by atoms with Gasteiger partial charge >= 0.3 is 0 Å². The Morgan fingerprint density at radius 2 is 1.77 bits per heavy atom. The fraction of sp³-hybridized carbons (Fsp3) is 0.250. The number of ether oxygens (including phenoxy) is 3. The molecule has 0 aliphatic rings. The summed E-state index contributed by atoms with van der Waals surface area (Å²) < 4.78 is 18.3. The van der Waals surface area contributed by atoms with Crippen LogP contribution in [0, 0.1) is 13.8 Å². The zero-order valence-corrected chi connectivity index (χ0v) is 18.2. The number of carbonyl (C=O) groups is 1. The first-order valence-corrected chi connectivity index (χ1v) is 10.0. The average molecular weight is 421 g/mol. The Morgan fingerprint density at radius 1 is 1.06 bits per heavy atom. The summed E-state index contributed by atoms with van der Waals surface area (Å²) in [7, 11) is 1.55. The Balaban J connectivity index is 1.62. The fourth-order valence-corrected chi connectivity index (χ4v) is 3.26. The summed E-state index contributed by atoms with van der Waals surface area (Å²) in [5, 5.41) is 4.07. The molecular formula is C24H27N3O4. The highest BCUT2D eigenvalue weighted by Crippen LogP contribution is 2.25. The maximum atomic E-state index is 12.1. The van der Waals surface area contributed by atoms with Crippen molar-refractivity contribution in [1.82, 2.24) is 9.99 Å². The fourth-order valence-electron chi connectivity index (χ4n) is 3.26. The van der Waals surface area contributed by atoms with Crippen LogP contribution in [-0.2, 0) is 4.79 Å². The van der Waals surface area contributed by atoms with Crippen LogP contribution in [0.2, 0.25) is 0 Å². The molecule has 1 N–H and O–H groups in total. The summed E-state index contributed by atoms with van der Waals surface area (Å²) in [4.78, 5) is 12.1. The third-order valence-corrected chi connectivity index (χ3v) is 4.70. The Morgan fingerprint density at radius 3 is 2.45 bits per heavy atom. The number of carbonyl (C=O) groups excluding carboxylic acids is 1. The Hall–Kier alpha value is -3.74. The van der Waals surface area contributed by atoms with E-state index in [0.29, 0.717) is 18.1 Å². The number of aryl methyl sites for hydroxylation is 1. The normalized spacial score (nSPS) is 10.8. The number of nitrogens with one attached hydrogen (secondary N) is 1. The van der Waals surface area contributed by atoms with E-state index in [1.807, 2.05) is 63.2 Å². The predicted molar refractivity (Wildman–Crippen MR) is 121 cm³/mol. The monoisotopic (exact) mass is 421 g/mol. The quantitative estimate of drug-likeness (QED) is 0.418. The molecule has 0 aliphatic carbocycles. The number of methoxy groups -OCH3 is 1. The minimum atomic E-state index is -0.359. The van der Waals surface area contributed by atoms with Crippen molar-refractivity contribution in [3.05, 3.63) is 71.5 Å². The highest BCUT2D eigenvalue weighted by molar-refractivity contribution is 5.84. The topological polar surface area (TPSA) is 74.1 Å². The van der Waals surface area contributed by atoms with E-state index < -0.39 is 0 Å². The Labute approximate surface area is 182 Å². The van der Waals surface area contributed by atoms with Gasteiger partial charge in [-0.25, -0.2) is 5.43 Å². The summed E-state index contributed by atoms with van der Waals surface area (Å²) in [6.07, 6.45) is 1.63. The first-order valence-electron chi connectivity index (χ1n) is 10.0. The first-order chi connectivity index (χ1) is 15.0. The van der Waals surface area contributed by atoms with Crippen LogP contribution in [0.25, 0.3) is 5.69 Å². The van der Waals surface area contributed by atoms with E-state index >= 15 is 0 Å². The molecule has 0 saturated carbocycles. The molecule has 1 aromatic heterocycles. The number of amides is 1. The van der Waals surface area contributed by atoms with Crippen LogP contribution in [-0.4, -0.2) is 37.0 Å². The number of benzene rings is 2. The molecular weight excluding hydrogens is 394 g/mol. The molecule has 1 amide bonds. The second kappa shape index (κ2) is 10.3. The first kappa shape index (κ1) is 22.0. The molecule has 3 aromatic rings. The zero-order chi connectivity index (χ0) is 22.2. The Kier molecular flexibility index (Phi) is 7.32. The lowest BCUT2D eigenvalue weighted by Crippen LogP contribution is -2.24. The van der Waals surface area contributed by atoms with Crippen molar-refractivity contribution in [3.63, 3.8) is 0 Å². The van der Waals surface area contributed by atoms with Crippen molar-refractivity contribution in [2.24, 2.45) is 5.10 Å². The third-order valence-electron chi connectivity index (χ3n) is 4.70. The van der Waals surface area contributed by atoms with Gasteiger partial charge in [-0.05, 0) is 63.2 Å². The zero-order valence-electron chi connectivity index (χ0n) is 18.2. The number of hydrogen-bond acceptors (Lipinski definition) is 5. The lowest BCUT2D eigenvalue weighted by atomic mass is 10.2. The van der Waals surface area contributed by atoms with Crippen LogP contribution < -0.4 is 19.6 Å². The molecule has 0 bridgehead atoms. The molecule has 7 heteroatoms. The summed E-state index contributed by atoms with van der Waals surface area (Å²) in [6.45, 7) is 6.47. The van der Waals surface area contributed by atoms with Gasteiger partial charge in [-0.1, -0.05) is 12.1 Å². The molecule has 0 atom stereocenters. The van der Waals surface area contributed by atoms with Gasteiger partial charge in [0.05, 0.1) is 19.9 Å². The lowest BCUT2D eigenvalue weighted by molar-refractivity contribution is -0.123. The van der Waals surface area contributed by atoms with Crippen molar-refractivity contribution in [2.45, 2.75) is 20.8 Å². The van der Waals surface area contributed by atoms with E-state index in [1.54, 1.807) is 25.5 Å². The molecule has 31 heavy (non-hydrogen) atoms. The molecule has 0 radical (unpaired) electrons. The molecule has 0 fully saturated rings. The van der Waals surface area contributed by atoms with Crippen LogP contribution >= 0.6 is 0 Å². The number of rotatable bonds is 9. The van der Waals surface area contributed by atoms with Gasteiger partial charge in [0, 0.05) is 22.6 Å². The molecule has 3 rings (SSSR count). The van der Waals surface area contributed by atoms with Crippen LogP contribution in [0.15, 0.2) is 59.7 Å². The van der Waals surface area contributed by atoms with Crippen molar-refractivity contribution in [3.8, 4) is 22.9 Å². The number of hydrogen-bond donors (Lipinski definition) is 1. The number of hydrazone groups is 1. The van der Waals surface area contributed by atoms with Gasteiger partial charge in [0.15, 0.2) is 18.1 Å². The maximum absolute atomic E-state index is 12.1. The summed E-state index contributed by atoms with van der Waals surface area (Å²) in [6, 6.07) is 17.1. The summed E-state index contributed by atoms with van der Waals surface area (Å²) >= 11 is 0. The van der Waals surface area contributed by atoms with Gasteiger partial charge in [-0.2, -0.15) is 5.10 Å². The minimum absolute atomic E-state index is 0.164. The molecule has 2 aromatic carbocycles. The second-order valence-corrected chi connectivity index (χ2v) is 6.82. The largest absolute Gasteiger partial charge is 0.494 e. The second-order valence-electron chi connectivity index (χ2n) is 6.82. The molecule has 162 valence electrons. The van der Waals surface area contributed by atoms with E-state index in [1.165, 1.54) is 0 Å². The Bertz CT molecular complexity index is 1060. The highest BCUT2D eigenvalue weighted by Gasteiger charge is 2.10. The van der Waals surface area contributed by atoms with Crippen molar-refractivity contribution in [2.75, 3.05) is 20.3 Å². The molecule has 0 spiro atoms. The van der Waals surface area contributed by atoms with Gasteiger partial charge in [-0.15, -0.1) is 0 Å².